The van der Waals surface area contributed by atoms with Crippen LogP contribution in [0.15, 0.2) is 24.3 Å². The van der Waals surface area contributed by atoms with E-state index in [1.807, 2.05) is 6.07 Å². The molecule has 1 saturated heterocycles. The molecule has 0 aromatic heterocycles. The predicted molar refractivity (Wildman–Crippen MR) is 81.8 cm³/mol. The van der Waals surface area contributed by atoms with Crippen molar-refractivity contribution in [3.05, 3.63) is 29.8 Å². The molecule has 0 aliphatic carbocycles. The number of hydrogen-bond donors (Lipinski definition) is 1. The topological polar surface area (TPSA) is 63.4 Å². The fourth-order valence-electron chi connectivity index (χ4n) is 3.57. The molecule has 0 saturated carbocycles. The average Bonchev–Trinajstić information content (AvgIpc) is 2.63. The van der Waals surface area contributed by atoms with Crippen LogP contribution in [0.4, 0.5) is 5.69 Å². The van der Waals surface area contributed by atoms with E-state index in [2.05, 4.69) is 23.1 Å². The Bertz CT molecular complexity index is 600. The van der Waals surface area contributed by atoms with Crippen LogP contribution in [0.25, 0.3) is 0 Å². The summed E-state index contributed by atoms with van der Waals surface area (Å²) in [6.45, 7) is 1.31. The molecule has 2 aliphatic rings. The lowest BCUT2D eigenvalue weighted by Crippen LogP contribution is -2.55. The Kier molecular flexibility index (Phi) is 3.50. The standard InChI is InChI=1S/C15H22N2O2S/c16-11-15(8-10-20(18,19)12-15)17-9-4-3-6-13-5-1-2-7-14(13)17/h1-2,5,7H,3-4,6,8-12,16H2. The summed E-state index contributed by atoms with van der Waals surface area (Å²) in [5.74, 6) is 0.466. The number of nitrogens with two attached hydrogens (primary N) is 1. The highest BCUT2D eigenvalue weighted by molar-refractivity contribution is 7.91. The maximum Gasteiger partial charge on any atom is 0.152 e. The monoisotopic (exact) mass is 294 g/mol. The summed E-state index contributed by atoms with van der Waals surface area (Å²) in [5.41, 5.74) is 8.13. The zero-order valence-corrected chi connectivity index (χ0v) is 12.5. The first-order valence-corrected chi connectivity index (χ1v) is 9.15. The van der Waals surface area contributed by atoms with E-state index in [0.29, 0.717) is 13.0 Å². The van der Waals surface area contributed by atoms with Crippen LogP contribution in [0.5, 0.6) is 0 Å². The molecule has 2 heterocycles. The lowest BCUT2D eigenvalue weighted by Gasteiger charge is -2.41. The summed E-state index contributed by atoms with van der Waals surface area (Å²) in [6.07, 6.45) is 3.97. The van der Waals surface area contributed by atoms with Crippen molar-refractivity contribution in [3.63, 3.8) is 0 Å². The van der Waals surface area contributed by atoms with E-state index in [0.717, 1.165) is 25.8 Å². The number of rotatable bonds is 2. The first-order chi connectivity index (χ1) is 9.56. The number of anilines is 1. The molecular weight excluding hydrogens is 272 g/mol. The van der Waals surface area contributed by atoms with Crippen LogP contribution in [0.2, 0.25) is 0 Å². The van der Waals surface area contributed by atoms with Crippen molar-refractivity contribution >= 4 is 15.5 Å². The van der Waals surface area contributed by atoms with Crippen molar-refractivity contribution in [3.8, 4) is 0 Å². The van der Waals surface area contributed by atoms with Gasteiger partial charge in [0.25, 0.3) is 0 Å². The number of aryl methyl sites for hydroxylation is 1. The minimum atomic E-state index is -2.95. The summed E-state index contributed by atoms with van der Waals surface area (Å²) < 4.78 is 23.9. The Morgan fingerprint density at radius 2 is 2.05 bits per heavy atom. The molecule has 20 heavy (non-hydrogen) atoms. The third kappa shape index (κ3) is 2.33. The lowest BCUT2D eigenvalue weighted by molar-refractivity contribution is 0.435. The average molecular weight is 294 g/mol. The Morgan fingerprint density at radius 1 is 1.25 bits per heavy atom. The highest BCUT2D eigenvalue weighted by Gasteiger charge is 2.46. The minimum absolute atomic E-state index is 0.199. The molecule has 110 valence electrons. The molecule has 0 amide bonds. The zero-order valence-electron chi connectivity index (χ0n) is 11.7. The van der Waals surface area contributed by atoms with Crippen LogP contribution >= 0.6 is 0 Å². The van der Waals surface area contributed by atoms with E-state index in [-0.39, 0.29) is 11.5 Å². The van der Waals surface area contributed by atoms with Crippen LogP contribution in [0, 0.1) is 0 Å². The van der Waals surface area contributed by atoms with Crippen LogP contribution in [0.3, 0.4) is 0 Å². The van der Waals surface area contributed by atoms with E-state index < -0.39 is 15.4 Å². The fraction of sp³-hybridized carbons (Fsp3) is 0.600. The predicted octanol–water partition coefficient (Wildman–Crippen LogP) is 1.35. The van der Waals surface area contributed by atoms with Gasteiger partial charge in [0, 0.05) is 18.8 Å². The number of hydrogen-bond acceptors (Lipinski definition) is 4. The van der Waals surface area contributed by atoms with Gasteiger partial charge in [0.1, 0.15) is 0 Å². The Morgan fingerprint density at radius 3 is 2.75 bits per heavy atom. The molecule has 1 aromatic rings. The molecule has 2 aliphatic heterocycles. The molecule has 1 unspecified atom stereocenters. The first kappa shape index (κ1) is 13.9. The van der Waals surface area contributed by atoms with Gasteiger partial charge in [0.2, 0.25) is 0 Å². The number of para-hydroxylation sites is 1. The van der Waals surface area contributed by atoms with Gasteiger partial charge < -0.3 is 10.6 Å². The van der Waals surface area contributed by atoms with Gasteiger partial charge >= 0.3 is 0 Å². The van der Waals surface area contributed by atoms with Crippen LogP contribution < -0.4 is 10.6 Å². The SMILES string of the molecule is NCC1(N2CCCCc3ccccc32)CCS(=O)(=O)C1. The molecule has 4 nitrogen and oxygen atoms in total. The second kappa shape index (κ2) is 5.04. The third-order valence-corrected chi connectivity index (χ3v) is 6.48. The van der Waals surface area contributed by atoms with E-state index in [9.17, 15) is 8.42 Å². The molecule has 0 spiro atoms. The zero-order chi connectivity index (χ0) is 14.2. The van der Waals surface area contributed by atoms with Gasteiger partial charge in [-0.25, -0.2) is 8.42 Å². The molecule has 0 radical (unpaired) electrons. The van der Waals surface area contributed by atoms with Gasteiger partial charge in [-0.15, -0.1) is 0 Å². The molecular formula is C15H22N2O2S. The molecule has 3 rings (SSSR count). The summed E-state index contributed by atoms with van der Waals surface area (Å²) in [4.78, 5) is 2.29. The highest BCUT2D eigenvalue weighted by Crippen LogP contribution is 2.37. The van der Waals surface area contributed by atoms with Gasteiger partial charge in [-0.05, 0) is 37.3 Å². The number of benzene rings is 1. The number of nitrogens with zero attached hydrogens (tertiary/aromatic N) is 1. The summed E-state index contributed by atoms with van der Waals surface area (Å²) in [6, 6.07) is 8.36. The smallest absolute Gasteiger partial charge is 0.152 e. The van der Waals surface area contributed by atoms with Crippen molar-refractivity contribution in [2.24, 2.45) is 5.73 Å². The molecule has 5 heteroatoms. The van der Waals surface area contributed by atoms with E-state index in [1.165, 1.54) is 11.3 Å². The van der Waals surface area contributed by atoms with E-state index >= 15 is 0 Å². The van der Waals surface area contributed by atoms with Gasteiger partial charge in [0.05, 0.1) is 17.0 Å². The maximum atomic E-state index is 12.0. The van der Waals surface area contributed by atoms with Crippen molar-refractivity contribution in [1.29, 1.82) is 0 Å². The van der Waals surface area contributed by atoms with Gasteiger partial charge in [-0.3, -0.25) is 0 Å². The van der Waals surface area contributed by atoms with E-state index in [4.69, 9.17) is 5.73 Å². The quantitative estimate of drug-likeness (QED) is 0.894. The van der Waals surface area contributed by atoms with Gasteiger partial charge in [-0.2, -0.15) is 0 Å². The maximum absolute atomic E-state index is 12.0. The summed E-state index contributed by atoms with van der Waals surface area (Å²) in [7, 11) is -2.95. The Labute approximate surface area is 120 Å². The summed E-state index contributed by atoms with van der Waals surface area (Å²) in [5, 5.41) is 0. The molecule has 0 bridgehead atoms. The Hall–Kier alpha value is -1.07. The van der Waals surface area contributed by atoms with Crippen LogP contribution in [-0.4, -0.2) is 38.6 Å². The molecule has 2 N–H and O–H groups in total. The van der Waals surface area contributed by atoms with Gasteiger partial charge in [0.15, 0.2) is 9.84 Å². The van der Waals surface area contributed by atoms with Crippen LogP contribution in [-0.2, 0) is 16.3 Å². The molecule has 1 aromatic carbocycles. The lowest BCUT2D eigenvalue weighted by atomic mass is 9.94. The highest BCUT2D eigenvalue weighted by atomic mass is 32.2. The van der Waals surface area contributed by atoms with Crippen molar-refractivity contribution in [2.75, 3.05) is 29.5 Å². The largest absolute Gasteiger partial charge is 0.363 e. The number of fused-ring (bicyclic) bond motifs is 1. The number of sulfone groups is 1. The Balaban J connectivity index is 2.04. The second-order valence-electron chi connectivity index (χ2n) is 6.01. The van der Waals surface area contributed by atoms with Crippen molar-refractivity contribution in [2.45, 2.75) is 31.2 Å². The third-order valence-electron chi connectivity index (χ3n) is 4.68. The van der Waals surface area contributed by atoms with Crippen LogP contribution in [0.1, 0.15) is 24.8 Å². The molecule has 1 atom stereocenters. The summed E-state index contributed by atoms with van der Waals surface area (Å²) >= 11 is 0. The first-order valence-electron chi connectivity index (χ1n) is 7.32. The fourth-order valence-corrected chi connectivity index (χ4v) is 5.64. The second-order valence-corrected chi connectivity index (χ2v) is 8.19. The van der Waals surface area contributed by atoms with Crippen molar-refractivity contribution < 1.29 is 8.42 Å². The van der Waals surface area contributed by atoms with Gasteiger partial charge in [-0.1, -0.05) is 18.2 Å². The van der Waals surface area contributed by atoms with Crippen molar-refractivity contribution in [1.82, 2.24) is 0 Å². The normalized spacial score (nSPS) is 28.9. The molecule has 1 fully saturated rings. The van der Waals surface area contributed by atoms with E-state index in [1.54, 1.807) is 0 Å². The minimum Gasteiger partial charge on any atom is -0.363 e.